The van der Waals surface area contributed by atoms with Crippen molar-refractivity contribution in [2.75, 3.05) is 52.0 Å². The lowest BCUT2D eigenvalue weighted by atomic mass is 10.2. The monoisotopic (exact) mass is 289 g/mol. The zero-order valence-electron chi connectivity index (χ0n) is 11.9. The third kappa shape index (κ3) is 6.27. The van der Waals surface area contributed by atoms with Crippen LogP contribution in [0, 0.1) is 18.6 Å². The third-order valence-electron chi connectivity index (χ3n) is 2.61. The van der Waals surface area contributed by atoms with Gasteiger partial charge in [-0.05, 0) is 18.6 Å². The zero-order valence-corrected chi connectivity index (χ0v) is 11.9. The second kappa shape index (κ2) is 9.63. The summed E-state index contributed by atoms with van der Waals surface area (Å²) >= 11 is 0. The van der Waals surface area contributed by atoms with Crippen molar-refractivity contribution in [2.24, 2.45) is 0 Å². The van der Waals surface area contributed by atoms with Crippen LogP contribution in [0.4, 0.5) is 14.5 Å². The number of aryl methyl sites for hydroxylation is 1. The number of ether oxygens (including phenoxy) is 3. The molecule has 1 rings (SSSR count). The first-order chi connectivity index (χ1) is 9.65. The van der Waals surface area contributed by atoms with Gasteiger partial charge in [-0.3, -0.25) is 0 Å². The van der Waals surface area contributed by atoms with E-state index < -0.39 is 11.6 Å². The van der Waals surface area contributed by atoms with Crippen molar-refractivity contribution >= 4 is 5.69 Å². The first kappa shape index (κ1) is 16.8. The van der Waals surface area contributed by atoms with Crippen molar-refractivity contribution in [1.82, 2.24) is 0 Å². The Morgan fingerprint density at radius 2 is 1.60 bits per heavy atom. The van der Waals surface area contributed by atoms with Gasteiger partial charge >= 0.3 is 0 Å². The minimum atomic E-state index is -0.466. The van der Waals surface area contributed by atoms with Crippen molar-refractivity contribution < 1.29 is 23.0 Å². The molecule has 1 aromatic carbocycles. The van der Waals surface area contributed by atoms with Crippen molar-refractivity contribution in [3.05, 3.63) is 29.3 Å². The average Bonchev–Trinajstić information content (AvgIpc) is 2.42. The van der Waals surface area contributed by atoms with Gasteiger partial charge in [0.1, 0.15) is 11.6 Å². The minimum Gasteiger partial charge on any atom is -0.382 e. The van der Waals surface area contributed by atoms with Crippen molar-refractivity contribution in [2.45, 2.75) is 6.92 Å². The van der Waals surface area contributed by atoms with E-state index in [1.165, 1.54) is 13.0 Å². The summed E-state index contributed by atoms with van der Waals surface area (Å²) < 4.78 is 42.1. The smallest absolute Gasteiger partial charge is 0.146 e. The molecule has 20 heavy (non-hydrogen) atoms. The number of anilines is 1. The van der Waals surface area contributed by atoms with E-state index in [1.807, 2.05) is 0 Å². The molecule has 1 N–H and O–H groups in total. The van der Waals surface area contributed by atoms with Gasteiger partial charge < -0.3 is 19.5 Å². The molecule has 0 saturated heterocycles. The number of hydrogen-bond acceptors (Lipinski definition) is 4. The van der Waals surface area contributed by atoms with E-state index in [0.717, 1.165) is 6.07 Å². The van der Waals surface area contributed by atoms with Gasteiger partial charge in [0.05, 0.1) is 38.7 Å². The van der Waals surface area contributed by atoms with Crippen LogP contribution in [-0.4, -0.2) is 46.7 Å². The standard InChI is InChI=1S/C14H21F2NO3/c1-11-9-13(16)14(10-12(11)15)17-3-4-19-7-8-20-6-5-18-2/h9-10,17H,3-8H2,1-2H3. The normalized spacial score (nSPS) is 10.8. The van der Waals surface area contributed by atoms with Crippen LogP contribution in [0.25, 0.3) is 0 Å². The molecule has 0 fully saturated rings. The van der Waals surface area contributed by atoms with Gasteiger partial charge in [-0.1, -0.05) is 0 Å². The Balaban J connectivity index is 2.11. The molecular formula is C14H21F2NO3. The average molecular weight is 289 g/mol. The predicted molar refractivity (Wildman–Crippen MR) is 73.1 cm³/mol. The lowest BCUT2D eigenvalue weighted by Gasteiger charge is -2.09. The molecule has 114 valence electrons. The van der Waals surface area contributed by atoms with Crippen LogP contribution in [0.5, 0.6) is 0 Å². The summed E-state index contributed by atoms with van der Waals surface area (Å²) in [6.45, 7) is 4.34. The Labute approximate surface area is 118 Å². The van der Waals surface area contributed by atoms with Crippen LogP contribution in [0.15, 0.2) is 12.1 Å². The molecule has 0 saturated carbocycles. The molecule has 0 heterocycles. The number of rotatable bonds is 10. The van der Waals surface area contributed by atoms with Gasteiger partial charge in [-0.25, -0.2) is 8.78 Å². The maximum atomic E-state index is 13.5. The van der Waals surface area contributed by atoms with E-state index in [4.69, 9.17) is 14.2 Å². The molecule has 0 spiro atoms. The fraction of sp³-hybridized carbons (Fsp3) is 0.571. The van der Waals surface area contributed by atoms with E-state index >= 15 is 0 Å². The molecule has 0 aliphatic heterocycles. The highest BCUT2D eigenvalue weighted by Gasteiger charge is 2.06. The predicted octanol–water partition coefficient (Wildman–Crippen LogP) is 2.36. The lowest BCUT2D eigenvalue weighted by Crippen LogP contribution is -2.14. The highest BCUT2D eigenvalue weighted by Crippen LogP contribution is 2.18. The SMILES string of the molecule is COCCOCCOCCNc1cc(F)c(C)cc1F. The molecule has 0 aliphatic carbocycles. The van der Waals surface area contributed by atoms with E-state index in [0.29, 0.717) is 39.6 Å². The summed E-state index contributed by atoms with van der Waals surface area (Å²) in [5, 5.41) is 2.79. The van der Waals surface area contributed by atoms with E-state index in [1.54, 1.807) is 7.11 Å². The maximum Gasteiger partial charge on any atom is 0.146 e. The minimum absolute atomic E-state index is 0.146. The van der Waals surface area contributed by atoms with Crippen LogP contribution < -0.4 is 5.32 Å². The quantitative estimate of drug-likeness (QED) is 0.671. The summed E-state index contributed by atoms with van der Waals surface area (Å²) in [5.41, 5.74) is 0.436. The van der Waals surface area contributed by atoms with Gasteiger partial charge in [0, 0.05) is 19.7 Å². The zero-order chi connectivity index (χ0) is 14.8. The molecular weight excluding hydrogens is 268 g/mol. The summed E-state index contributed by atoms with van der Waals surface area (Å²) in [4.78, 5) is 0. The summed E-state index contributed by atoms with van der Waals surface area (Å²) in [7, 11) is 1.61. The van der Waals surface area contributed by atoms with Gasteiger partial charge in [-0.2, -0.15) is 0 Å². The van der Waals surface area contributed by atoms with Gasteiger partial charge in [-0.15, -0.1) is 0 Å². The van der Waals surface area contributed by atoms with E-state index in [9.17, 15) is 8.78 Å². The van der Waals surface area contributed by atoms with Crippen LogP contribution in [0.2, 0.25) is 0 Å². The second-order valence-corrected chi connectivity index (χ2v) is 4.23. The van der Waals surface area contributed by atoms with Gasteiger partial charge in [0.25, 0.3) is 0 Å². The molecule has 0 aliphatic rings. The Bertz CT molecular complexity index is 402. The van der Waals surface area contributed by atoms with E-state index in [2.05, 4.69) is 5.32 Å². The van der Waals surface area contributed by atoms with Crippen LogP contribution in [0.1, 0.15) is 5.56 Å². The molecule has 0 bridgehead atoms. The van der Waals surface area contributed by atoms with Crippen molar-refractivity contribution in [3.8, 4) is 0 Å². The first-order valence-electron chi connectivity index (χ1n) is 6.49. The van der Waals surface area contributed by atoms with Gasteiger partial charge in [0.15, 0.2) is 0 Å². The highest BCUT2D eigenvalue weighted by molar-refractivity contribution is 5.46. The summed E-state index contributed by atoms with van der Waals surface area (Å²) in [5.74, 6) is -0.895. The van der Waals surface area contributed by atoms with Crippen LogP contribution in [0.3, 0.4) is 0 Å². The Morgan fingerprint density at radius 3 is 2.30 bits per heavy atom. The molecule has 0 atom stereocenters. The molecule has 1 aromatic rings. The number of benzene rings is 1. The number of methoxy groups -OCH3 is 1. The molecule has 0 aromatic heterocycles. The molecule has 0 amide bonds. The van der Waals surface area contributed by atoms with Crippen molar-refractivity contribution in [3.63, 3.8) is 0 Å². The summed E-state index contributed by atoms with van der Waals surface area (Å²) in [6, 6.07) is 2.32. The fourth-order valence-corrected chi connectivity index (χ4v) is 1.50. The Kier molecular flexibility index (Phi) is 8.10. The highest BCUT2D eigenvalue weighted by atomic mass is 19.1. The molecule has 0 radical (unpaired) electrons. The van der Waals surface area contributed by atoms with Gasteiger partial charge in [0.2, 0.25) is 0 Å². The molecule has 0 unspecified atom stereocenters. The van der Waals surface area contributed by atoms with Crippen LogP contribution in [-0.2, 0) is 14.2 Å². The third-order valence-corrected chi connectivity index (χ3v) is 2.61. The maximum absolute atomic E-state index is 13.5. The molecule has 6 heteroatoms. The number of halogens is 2. The second-order valence-electron chi connectivity index (χ2n) is 4.23. The number of nitrogens with one attached hydrogen (secondary N) is 1. The molecule has 4 nitrogen and oxygen atoms in total. The lowest BCUT2D eigenvalue weighted by molar-refractivity contribution is 0.0272. The van der Waals surface area contributed by atoms with Crippen molar-refractivity contribution in [1.29, 1.82) is 0 Å². The Hall–Kier alpha value is -1.24. The largest absolute Gasteiger partial charge is 0.382 e. The first-order valence-corrected chi connectivity index (χ1v) is 6.49. The Morgan fingerprint density at radius 1 is 0.950 bits per heavy atom. The fourth-order valence-electron chi connectivity index (χ4n) is 1.50. The topological polar surface area (TPSA) is 39.7 Å². The van der Waals surface area contributed by atoms with Crippen LogP contribution >= 0.6 is 0 Å². The number of hydrogen-bond donors (Lipinski definition) is 1. The van der Waals surface area contributed by atoms with E-state index in [-0.39, 0.29) is 11.3 Å². The summed E-state index contributed by atoms with van der Waals surface area (Å²) in [6.07, 6.45) is 0.